The number of carbonyl (C=O) groups is 1. The predicted molar refractivity (Wildman–Crippen MR) is 66.8 cm³/mol. The van der Waals surface area contributed by atoms with Crippen LogP contribution in [0.25, 0.3) is 10.2 Å². The van der Waals surface area contributed by atoms with Crippen molar-refractivity contribution < 1.29 is 4.79 Å². The summed E-state index contributed by atoms with van der Waals surface area (Å²) in [6, 6.07) is 0. The molecule has 0 spiro atoms. The molecule has 0 aromatic carbocycles. The molecule has 0 atom stereocenters. The largest absolute Gasteiger partial charge is 0.369 e. The summed E-state index contributed by atoms with van der Waals surface area (Å²) < 4.78 is 0. The number of nitrogens with zero attached hydrogens (tertiary/aromatic N) is 2. The molecule has 16 heavy (non-hydrogen) atoms. The number of thioether (sulfide) groups is 1. The second-order valence-electron chi connectivity index (χ2n) is 3.40. The number of aromatic nitrogens is 2. The molecule has 0 bridgehead atoms. The summed E-state index contributed by atoms with van der Waals surface area (Å²) in [5.74, 6) is -0.0816. The van der Waals surface area contributed by atoms with E-state index in [4.69, 9.17) is 5.73 Å². The maximum atomic E-state index is 10.8. The van der Waals surface area contributed by atoms with Gasteiger partial charge in [0.2, 0.25) is 5.91 Å². The van der Waals surface area contributed by atoms with Crippen molar-refractivity contribution in [3.05, 3.63) is 16.8 Å². The van der Waals surface area contributed by atoms with Gasteiger partial charge in [-0.25, -0.2) is 9.97 Å². The third-order valence-corrected chi connectivity index (χ3v) is 4.41. The Kier molecular flexibility index (Phi) is 3.11. The zero-order valence-corrected chi connectivity index (χ0v) is 10.6. The molecular formula is C10H11N3OS2. The minimum absolute atomic E-state index is 0.250. The third-order valence-electron chi connectivity index (χ3n) is 2.28. The van der Waals surface area contributed by atoms with E-state index >= 15 is 0 Å². The molecule has 0 radical (unpaired) electrons. The van der Waals surface area contributed by atoms with Crippen LogP contribution in [0.1, 0.15) is 10.4 Å². The number of rotatable bonds is 3. The van der Waals surface area contributed by atoms with Gasteiger partial charge in [0.1, 0.15) is 16.2 Å². The number of nitrogens with two attached hydrogens (primary N) is 1. The van der Waals surface area contributed by atoms with E-state index in [0.717, 1.165) is 15.2 Å². The van der Waals surface area contributed by atoms with Gasteiger partial charge in [-0.1, -0.05) is 11.8 Å². The second kappa shape index (κ2) is 4.39. The summed E-state index contributed by atoms with van der Waals surface area (Å²) in [5.41, 5.74) is 6.31. The van der Waals surface area contributed by atoms with Crippen LogP contribution in [0.3, 0.4) is 0 Å². The first kappa shape index (κ1) is 11.3. The van der Waals surface area contributed by atoms with Crippen LogP contribution in [0.2, 0.25) is 0 Å². The quantitative estimate of drug-likeness (QED) is 0.670. The standard InChI is InChI=1S/C10H11N3OS2/c1-5-6(2)16-10-8(5)9(12-4-13-10)15-3-7(11)14/h4H,3H2,1-2H3,(H2,11,14). The molecule has 2 heterocycles. The molecule has 2 N–H and O–H groups in total. The van der Waals surface area contributed by atoms with E-state index in [1.807, 2.05) is 6.92 Å². The van der Waals surface area contributed by atoms with Gasteiger partial charge in [0.15, 0.2) is 0 Å². The summed E-state index contributed by atoms with van der Waals surface area (Å²) >= 11 is 3.01. The Balaban J connectivity index is 2.48. The van der Waals surface area contributed by atoms with Gasteiger partial charge >= 0.3 is 0 Å². The molecule has 4 nitrogen and oxygen atoms in total. The van der Waals surface area contributed by atoms with Crippen LogP contribution < -0.4 is 5.73 Å². The number of amides is 1. The van der Waals surface area contributed by atoms with E-state index in [1.54, 1.807) is 11.3 Å². The van der Waals surface area contributed by atoms with Gasteiger partial charge in [0, 0.05) is 10.3 Å². The molecule has 0 aliphatic carbocycles. The van der Waals surface area contributed by atoms with Gasteiger partial charge in [0.25, 0.3) is 0 Å². The zero-order chi connectivity index (χ0) is 11.7. The second-order valence-corrected chi connectivity index (χ2v) is 5.56. The number of hydrogen-bond donors (Lipinski definition) is 1. The van der Waals surface area contributed by atoms with Crippen LogP contribution in [-0.2, 0) is 4.79 Å². The monoisotopic (exact) mass is 253 g/mol. The Morgan fingerprint density at radius 3 is 2.94 bits per heavy atom. The average molecular weight is 253 g/mol. The smallest absolute Gasteiger partial charge is 0.227 e. The molecule has 0 unspecified atom stereocenters. The zero-order valence-electron chi connectivity index (χ0n) is 8.98. The Labute approximate surface area is 101 Å². The number of hydrogen-bond acceptors (Lipinski definition) is 5. The summed E-state index contributed by atoms with van der Waals surface area (Å²) in [6.07, 6.45) is 1.53. The summed E-state index contributed by atoms with van der Waals surface area (Å²) in [7, 11) is 0. The van der Waals surface area contributed by atoms with Gasteiger partial charge in [-0.2, -0.15) is 0 Å². The van der Waals surface area contributed by atoms with Crippen molar-refractivity contribution >= 4 is 39.2 Å². The highest BCUT2D eigenvalue weighted by molar-refractivity contribution is 8.00. The SMILES string of the molecule is Cc1sc2ncnc(SCC(N)=O)c2c1C. The summed E-state index contributed by atoms with van der Waals surface area (Å²) in [5, 5.41) is 1.89. The van der Waals surface area contributed by atoms with E-state index in [9.17, 15) is 4.79 Å². The van der Waals surface area contributed by atoms with E-state index in [1.165, 1.54) is 28.5 Å². The molecule has 6 heteroatoms. The molecule has 0 saturated heterocycles. The van der Waals surface area contributed by atoms with Crippen molar-refractivity contribution in [2.45, 2.75) is 18.9 Å². The van der Waals surface area contributed by atoms with Gasteiger partial charge in [-0.3, -0.25) is 4.79 Å². The minimum Gasteiger partial charge on any atom is -0.369 e. The normalized spacial score (nSPS) is 10.9. The highest BCUT2D eigenvalue weighted by atomic mass is 32.2. The van der Waals surface area contributed by atoms with Crippen molar-refractivity contribution in [3.8, 4) is 0 Å². The van der Waals surface area contributed by atoms with Crippen molar-refractivity contribution in [2.75, 3.05) is 5.75 Å². The van der Waals surface area contributed by atoms with Gasteiger partial charge in [-0.05, 0) is 19.4 Å². The number of carbonyl (C=O) groups excluding carboxylic acids is 1. The number of aryl methyl sites for hydroxylation is 2. The van der Waals surface area contributed by atoms with Crippen LogP contribution in [0.15, 0.2) is 11.4 Å². The van der Waals surface area contributed by atoms with Crippen molar-refractivity contribution in [1.29, 1.82) is 0 Å². The minimum atomic E-state index is -0.332. The van der Waals surface area contributed by atoms with Crippen LogP contribution >= 0.6 is 23.1 Å². The van der Waals surface area contributed by atoms with Gasteiger partial charge < -0.3 is 5.73 Å². The Morgan fingerprint density at radius 1 is 1.50 bits per heavy atom. The fourth-order valence-electron chi connectivity index (χ4n) is 1.40. The molecule has 0 aliphatic rings. The number of thiophene rings is 1. The van der Waals surface area contributed by atoms with Crippen LogP contribution in [0.5, 0.6) is 0 Å². The maximum Gasteiger partial charge on any atom is 0.227 e. The van der Waals surface area contributed by atoms with Crippen LogP contribution in [-0.4, -0.2) is 21.6 Å². The molecule has 0 fully saturated rings. The molecule has 2 aromatic heterocycles. The lowest BCUT2D eigenvalue weighted by atomic mass is 10.2. The molecule has 0 saturated carbocycles. The van der Waals surface area contributed by atoms with Crippen LogP contribution in [0.4, 0.5) is 0 Å². The Bertz CT molecular complexity index is 550. The third kappa shape index (κ3) is 2.03. The molecule has 2 aromatic rings. The fourth-order valence-corrected chi connectivity index (χ4v) is 3.26. The van der Waals surface area contributed by atoms with Crippen molar-refractivity contribution in [2.24, 2.45) is 5.73 Å². The molecule has 0 aliphatic heterocycles. The molecule has 1 amide bonds. The van der Waals surface area contributed by atoms with Crippen LogP contribution in [0, 0.1) is 13.8 Å². The molecule has 2 rings (SSSR count). The van der Waals surface area contributed by atoms with E-state index in [-0.39, 0.29) is 11.7 Å². The van der Waals surface area contributed by atoms with Gasteiger partial charge in [0.05, 0.1) is 5.75 Å². The topological polar surface area (TPSA) is 68.9 Å². The van der Waals surface area contributed by atoms with Crippen molar-refractivity contribution in [1.82, 2.24) is 9.97 Å². The molecule has 84 valence electrons. The van der Waals surface area contributed by atoms with Gasteiger partial charge in [-0.15, -0.1) is 11.3 Å². The first-order valence-corrected chi connectivity index (χ1v) is 6.51. The van der Waals surface area contributed by atoms with E-state index < -0.39 is 0 Å². The first-order valence-electron chi connectivity index (χ1n) is 4.71. The Hall–Kier alpha value is -1.14. The fraction of sp³-hybridized carbons (Fsp3) is 0.300. The number of primary amides is 1. The highest BCUT2D eigenvalue weighted by Crippen LogP contribution is 2.34. The van der Waals surface area contributed by atoms with E-state index in [2.05, 4.69) is 16.9 Å². The summed E-state index contributed by atoms with van der Waals surface area (Å²) in [6.45, 7) is 4.11. The first-order chi connectivity index (χ1) is 7.59. The predicted octanol–water partition coefficient (Wildman–Crippen LogP) is 1.89. The average Bonchev–Trinajstić information content (AvgIpc) is 2.52. The van der Waals surface area contributed by atoms with E-state index in [0.29, 0.717) is 0 Å². The maximum absolute atomic E-state index is 10.8. The Morgan fingerprint density at radius 2 is 2.25 bits per heavy atom. The number of fused-ring (bicyclic) bond motifs is 1. The molecular weight excluding hydrogens is 242 g/mol. The van der Waals surface area contributed by atoms with Crippen molar-refractivity contribution in [3.63, 3.8) is 0 Å². The lowest BCUT2D eigenvalue weighted by molar-refractivity contribution is -0.115. The lowest BCUT2D eigenvalue weighted by Gasteiger charge is -2.00. The lowest BCUT2D eigenvalue weighted by Crippen LogP contribution is -2.13. The summed E-state index contributed by atoms with van der Waals surface area (Å²) in [4.78, 5) is 21.4. The highest BCUT2D eigenvalue weighted by Gasteiger charge is 2.12.